The molecule has 0 amide bonds. The summed E-state index contributed by atoms with van der Waals surface area (Å²) in [5.74, 6) is 1.40. The van der Waals surface area contributed by atoms with E-state index >= 15 is 0 Å². The van der Waals surface area contributed by atoms with E-state index in [0.717, 1.165) is 29.1 Å². The van der Waals surface area contributed by atoms with Gasteiger partial charge in [-0.2, -0.15) is 0 Å². The Hall–Kier alpha value is -1.79. The van der Waals surface area contributed by atoms with Crippen molar-refractivity contribution in [3.8, 4) is 0 Å². The number of hydrogen-bond donors (Lipinski definition) is 1. The number of H-pyrrole nitrogens is 1. The van der Waals surface area contributed by atoms with E-state index in [1.165, 1.54) is 24.8 Å². The molecule has 1 heterocycles. The van der Waals surface area contributed by atoms with Crippen LogP contribution in [0.25, 0.3) is 15.7 Å². The van der Waals surface area contributed by atoms with Crippen molar-refractivity contribution in [3.05, 3.63) is 41.4 Å². The summed E-state index contributed by atoms with van der Waals surface area (Å²) in [7, 11) is 4.31. The Labute approximate surface area is 120 Å². The van der Waals surface area contributed by atoms with Crippen molar-refractivity contribution in [1.82, 2.24) is 9.88 Å². The monoisotopic (exact) mass is 267 g/mol. The standard InChI is InChI=1S/C17H21N3/c1-18-17-10-19-16-8-7-12(9-15(16)17)14-6-4-5-13(14)11-20(2)3/h7-10,13-14,19H,4-6,11H2,2-3H3. The van der Waals surface area contributed by atoms with Gasteiger partial charge in [-0.25, -0.2) is 4.85 Å². The third-order valence-electron chi connectivity index (χ3n) is 4.49. The highest BCUT2D eigenvalue weighted by molar-refractivity contribution is 5.93. The van der Waals surface area contributed by atoms with Gasteiger partial charge in [-0.1, -0.05) is 18.6 Å². The zero-order valence-electron chi connectivity index (χ0n) is 12.2. The van der Waals surface area contributed by atoms with Gasteiger partial charge in [-0.3, -0.25) is 0 Å². The van der Waals surface area contributed by atoms with Crippen LogP contribution in [-0.4, -0.2) is 30.5 Å². The summed E-state index contributed by atoms with van der Waals surface area (Å²) in [6.45, 7) is 8.41. The number of aromatic amines is 1. The van der Waals surface area contributed by atoms with Crippen molar-refractivity contribution in [1.29, 1.82) is 0 Å². The lowest BCUT2D eigenvalue weighted by Crippen LogP contribution is -2.23. The maximum Gasteiger partial charge on any atom is 0.211 e. The molecule has 3 rings (SSSR count). The van der Waals surface area contributed by atoms with Crippen LogP contribution in [0.1, 0.15) is 30.7 Å². The highest BCUT2D eigenvalue weighted by atomic mass is 15.1. The fourth-order valence-electron chi connectivity index (χ4n) is 3.61. The summed E-state index contributed by atoms with van der Waals surface area (Å²) in [6.07, 6.45) is 5.74. The molecule has 0 spiro atoms. The molecular formula is C17H21N3. The second-order valence-electron chi connectivity index (χ2n) is 6.15. The van der Waals surface area contributed by atoms with Gasteiger partial charge in [0, 0.05) is 23.6 Å². The molecule has 0 aliphatic heterocycles. The Morgan fingerprint density at radius 3 is 2.95 bits per heavy atom. The number of hydrogen-bond acceptors (Lipinski definition) is 1. The molecule has 0 saturated heterocycles. The van der Waals surface area contributed by atoms with Crippen molar-refractivity contribution in [2.45, 2.75) is 25.2 Å². The van der Waals surface area contributed by atoms with E-state index < -0.39 is 0 Å². The van der Waals surface area contributed by atoms with Crippen LogP contribution < -0.4 is 0 Å². The first-order chi connectivity index (χ1) is 9.69. The molecule has 2 unspecified atom stereocenters. The van der Waals surface area contributed by atoms with Crippen LogP contribution in [0, 0.1) is 12.5 Å². The van der Waals surface area contributed by atoms with Gasteiger partial charge < -0.3 is 9.88 Å². The molecule has 104 valence electrons. The van der Waals surface area contributed by atoms with Crippen molar-refractivity contribution in [2.75, 3.05) is 20.6 Å². The predicted molar refractivity (Wildman–Crippen MR) is 83.2 cm³/mol. The minimum Gasteiger partial charge on any atom is -0.372 e. The normalized spacial score (nSPS) is 22.5. The predicted octanol–water partition coefficient (Wildman–Crippen LogP) is 4.16. The van der Waals surface area contributed by atoms with Crippen LogP contribution in [0.3, 0.4) is 0 Å². The van der Waals surface area contributed by atoms with Gasteiger partial charge in [0.2, 0.25) is 5.69 Å². The Morgan fingerprint density at radius 2 is 2.20 bits per heavy atom. The molecule has 0 bridgehead atoms. The number of nitrogens with zero attached hydrogens (tertiary/aromatic N) is 2. The third kappa shape index (κ3) is 2.32. The smallest absolute Gasteiger partial charge is 0.211 e. The highest BCUT2D eigenvalue weighted by Crippen LogP contribution is 2.41. The minimum absolute atomic E-state index is 0.648. The van der Waals surface area contributed by atoms with Crippen LogP contribution >= 0.6 is 0 Å². The topological polar surface area (TPSA) is 23.4 Å². The lowest BCUT2D eigenvalue weighted by molar-refractivity contribution is 0.310. The molecule has 20 heavy (non-hydrogen) atoms. The van der Waals surface area contributed by atoms with Crippen LogP contribution in [0.2, 0.25) is 0 Å². The molecule has 1 aromatic carbocycles. The summed E-state index contributed by atoms with van der Waals surface area (Å²) in [5.41, 5.74) is 3.22. The van der Waals surface area contributed by atoms with Crippen LogP contribution in [0.4, 0.5) is 5.69 Å². The Balaban J connectivity index is 1.95. The molecule has 0 radical (unpaired) electrons. The minimum atomic E-state index is 0.648. The van der Waals surface area contributed by atoms with Gasteiger partial charge in [0.1, 0.15) is 0 Å². The highest BCUT2D eigenvalue weighted by Gasteiger charge is 2.29. The second-order valence-corrected chi connectivity index (χ2v) is 6.15. The number of fused-ring (bicyclic) bond motifs is 1. The van der Waals surface area contributed by atoms with Crippen LogP contribution in [-0.2, 0) is 0 Å². The van der Waals surface area contributed by atoms with E-state index in [-0.39, 0.29) is 0 Å². The number of aromatic nitrogens is 1. The van der Waals surface area contributed by atoms with E-state index in [1.807, 2.05) is 6.20 Å². The van der Waals surface area contributed by atoms with E-state index in [2.05, 4.69) is 47.0 Å². The van der Waals surface area contributed by atoms with E-state index in [1.54, 1.807) is 0 Å². The third-order valence-corrected chi connectivity index (χ3v) is 4.49. The number of rotatable bonds is 3. The quantitative estimate of drug-likeness (QED) is 0.829. The zero-order valence-corrected chi connectivity index (χ0v) is 12.2. The molecule has 2 aromatic rings. The Bertz CT molecular complexity index is 648. The van der Waals surface area contributed by atoms with E-state index in [0.29, 0.717) is 5.92 Å². The molecule has 1 aromatic heterocycles. The Kier molecular flexibility index (Phi) is 3.50. The van der Waals surface area contributed by atoms with Gasteiger partial charge in [-0.15, -0.1) is 0 Å². The van der Waals surface area contributed by atoms with Crippen molar-refractivity contribution >= 4 is 16.6 Å². The maximum absolute atomic E-state index is 7.25. The lowest BCUT2D eigenvalue weighted by atomic mass is 9.88. The molecule has 1 N–H and O–H groups in total. The van der Waals surface area contributed by atoms with Gasteiger partial charge in [-0.05, 0) is 50.4 Å². The van der Waals surface area contributed by atoms with Gasteiger partial charge in [0.15, 0.2) is 0 Å². The SMILES string of the molecule is [C-]#[N+]c1c[nH]c2ccc(C3CCCC3CN(C)C)cc12. The number of nitrogens with one attached hydrogen (secondary N) is 1. The molecule has 2 atom stereocenters. The maximum atomic E-state index is 7.25. The molecular weight excluding hydrogens is 246 g/mol. The summed E-state index contributed by atoms with van der Waals surface area (Å²) in [4.78, 5) is 9.08. The first-order valence-electron chi connectivity index (χ1n) is 7.32. The second kappa shape index (κ2) is 5.30. The molecule has 3 nitrogen and oxygen atoms in total. The summed E-state index contributed by atoms with van der Waals surface area (Å²) >= 11 is 0. The largest absolute Gasteiger partial charge is 0.372 e. The number of benzene rings is 1. The lowest BCUT2D eigenvalue weighted by Gasteiger charge is -2.23. The fraction of sp³-hybridized carbons (Fsp3) is 0.471. The molecule has 1 saturated carbocycles. The molecule has 3 heteroatoms. The molecule has 1 aliphatic carbocycles. The van der Waals surface area contributed by atoms with Crippen molar-refractivity contribution in [2.24, 2.45) is 5.92 Å². The fourth-order valence-corrected chi connectivity index (χ4v) is 3.61. The average Bonchev–Trinajstić information content (AvgIpc) is 3.03. The van der Waals surface area contributed by atoms with Gasteiger partial charge in [0.05, 0.1) is 6.57 Å². The summed E-state index contributed by atoms with van der Waals surface area (Å²) in [5, 5.41) is 1.08. The van der Waals surface area contributed by atoms with Crippen molar-refractivity contribution < 1.29 is 0 Å². The first-order valence-corrected chi connectivity index (χ1v) is 7.32. The van der Waals surface area contributed by atoms with Crippen LogP contribution in [0.15, 0.2) is 24.4 Å². The molecule has 1 fully saturated rings. The molecule has 1 aliphatic rings. The summed E-state index contributed by atoms with van der Waals surface area (Å²) in [6, 6.07) is 6.60. The van der Waals surface area contributed by atoms with Gasteiger partial charge >= 0.3 is 0 Å². The Morgan fingerprint density at radius 1 is 1.35 bits per heavy atom. The average molecular weight is 267 g/mol. The van der Waals surface area contributed by atoms with Gasteiger partial charge in [0.25, 0.3) is 0 Å². The zero-order chi connectivity index (χ0) is 14.1. The van der Waals surface area contributed by atoms with E-state index in [9.17, 15) is 0 Å². The summed E-state index contributed by atoms with van der Waals surface area (Å²) < 4.78 is 0. The van der Waals surface area contributed by atoms with E-state index in [4.69, 9.17) is 6.57 Å². The first kappa shape index (κ1) is 13.2. The van der Waals surface area contributed by atoms with Crippen molar-refractivity contribution in [3.63, 3.8) is 0 Å². The van der Waals surface area contributed by atoms with Crippen LogP contribution in [0.5, 0.6) is 0 Å².